The molecule has 14 heavy (non-hydrogen) atoms. The molecule has 1 N–H and O–H groups in total. The molecular weight excluding hydrogens is 198 g/mol. The van der Waals surface area contributed by atoms with E-state index in [0.717, 1.165) is 29.4 Å². The minimum absolute atomic E-state index is 0.536. The molecular formula is C11H12ClNO. The average Bonchev–Trinajstić information content (AvgIpc) is 2.66. The molecule has 0 bridgehead atoms. The number of halogens is 1. The van der Waals surface area contributed by atoms with Crippen molar-refractivity contribution < 1.29 is 4.74 Å². The van der Waals surface area contributed by atoms with Crippen molar-refractivity contribution in [1.82, 2.24) is 5.32 Å². The third-order valence-electron chi connectivity index (χ3n) is 2.29. The monoisotopic (exact) mass is 209 g/mol. The van der Waals surface area contributed by atoms with Gasteiger partial charge < -0.3 is 10.1 Å². The lowest BCUT2D eigenvalue weighted by Crippen LogP contribution is -2.01. The molecule has 0 radical (unpaired) electrons. The summed E-state index contributed by atoms with van der Waals surface area (Å²) in [6, 6.07) is 3.80. The smallest absolute Gasteiger partial charge is 0.124 e. The van der Waals surface area contributed by atoms with Crippen LogP contribution >= 0.6 is 11.6 Å². The summed E-state index contributed by atoms with van der Waals surface area (Å²) in [5.74, 6) is 0.911. The van der Waals surface area contributed by atoms with Crippen LogP contribution < -0.4 is 10.1 Å². The van der Waals surface area contributed by atoms with Crippen molar-refractivity contribution in [2.75, 3.05) is 6.61 Å². The van der Waals surface area contributed by atoms with Crippen molar-refractivity contribution in [3.8, 4) is 5.75 Å². The Labute approximate surface area is 88.5 Å². The zero-order valence-electron chi connectivity index (χ0n) is 7.85. The highest BCUT2D eigenvalue weighted by Gasteiger charge is 2.17. The van der Waals surface area contributed by atoms with E-state index in [2.05, 4.69) is 11.9 Å². The minimum Gasteiger partial charge on any atom is -0.489 e. The molecule has 0 unspecified atom stereocenters. The van der Waals surface area contributed by atoms with Crippen molar-refractivity contribution in [2.24, 2.45) is 0 Å². The van der Waals surface area contributed by atoms with Gasteiger partial charge in [0.15, 0.2) is 0 Å². The fraction of sp³-hybridized carbons (Fsp3) is 0.273. The van der Waals surface area contributed by atoms with Crippen LogP contribution in [0.2, 0.25) is 5.02 Å². The fourth-order valence-electron chi connectivity index (χ4n) is 1.62. The van der Waals surface area contributed by atoms with Crippen LogP contribution in [0, 0.1) is 0 Å². The summed E-state index contributed by atoms with van der Waals surface area (Å²) in [5.41, 5.74) is 2.34. The standard InChI is InChI=1S/C11H12ClNO/c1-2-5-14-11-4-3-10(12)8-6-13-7-9(8)11/h2-4,13H,1,5-7H2. The van der Waals surface area contributed by atoms with E-state index in [0.29, 0.717) is 6.61 Å². The predicted octanol–water partition coefficient (Wildman–Crippen LogP) is 2.51. The number of ether oxygens (including phenoxy) is 1. The molecule has 1 aliphatic rings. The Morgan fingerprint density at radius 1 is 1.43 bits per heavy atom. The lowest BCUT2D eigenvalue weighted by Gasteiger charge is -2.09. The van der Waals surface area contributed by atoms with Crippen molar-refractivity contribution >= 4 is 11.6 Å². The number of fused-ring (bicyclic) bond motifs is 1. The molecule has 1 aromatic rings. The van der Waals surface area contributed by atoms with Crippen LogP contribution in [0.3, 0.4) is 0 Å². The van der Waals surface area contributed by atoms with Crippen molar-refractivity contribution in [3.05, 3.63) is 40.9 Å². The Hall–Kier alpha value is -0.990. The second-order valence-electron chi connectivity index (χ2n) is 3.21. The third-order valence-corrected chi connectivity index (χ3v) is 2.65. The number of rotatable bonds is 3. The Balaban J connectivity index is 2.33. The summed E-state index contributed by atoms with van der Waals surface area (Å²) < 4.78 is 5.54. The van der Waals surface area contributed by atoms with Crippen LogP contribution in [0.4, 0.5) is 0 Å². The molecule has 2 nitrogen and oxygen atoms in total. The molecule has 3 heteroatoms. The van der Waals surface area contributed by atoms with Gasteiger partial charge in [-0.2, -0.15) is 0 Å². The van der Waals surface area contributed by atoms with Gasteiger partial charge in [0.05, 0.1) is 0 Å². The van der Waals surface area contributed by atoms with Gasteiger partial charge in [0, 0.05) is 23.7 Å². The first-order valence-corrected chi connectivity index (χ1v) is 4.95. The molecule has 74 valence electrons. The molecule has 1 aliphatic heterocycles. The molecule has 1 heterocycles. The van der Waals surface area contributed by atoms with E-state index in [-0.39, 0.29) is 0 Å². The van der Waals surface area contributed by atoms with E-state index in [9.17, 15) is 0 Å². The number of hydrogen-bond acceptors (Lipinski definition) is 2. The van der Waals surface area contributed by atoms with Crippen LogP contribution in [-0.4, -0.2) is 6.61 Å². The summed E-state index contributed by atoms with van der Waals surface area (Å²) >= 11 is 6.06. The first-order valence-electron chi connectivity index (χ1n) is 4.57. The van der Waals surface area contributed by atoms with Gasteiger partial charge in [-0.3, -0.25) is 0 Å². The maximum absolute atomic E-state index is 6.06. The topological polar surface area (TPSA) is 21.3 Å². The van der Waals surface area contributed by atoms with Crippen LogP contribution in [0.1, 0.15) is 11.1 Å². The highest BCUT2D eigenvalue weighted by Crippen LogP contribution is 2.31. The molecule has 2 rings (SSSR count). The normalized spacial score (nSPS) is 13.8. The van der Waals surface area contributed by atoms with Crippen LogP contribution in [0.5, 0.6) is 5.75 Å². The van der Waals surface area contributed by atoms with Crippen LogP contribution in [0.25, 0.3) is 0 Å². The molecule has 0 saturated carbocycles. The van der Waals surface area contributed by atoms with Gasteiger partial charge in [0.1, 0.15) is 12.4 Å². The molecule has 0 saturated heterocycles. The van der Waals surface area contributed by atoms with Crippen LogP contribution in [0.15, 0.2) is 24.8 Å². The SMILES string of the molecule is C=CCOc1ccc(Cl)c2c1CNC2. The Morgan fingerprint density at radius 2 is 2.21 bits per heavy atom. The summed E-state index contributed by atoms with van der Waals surface area (Å²) in [5, 5.41) is 4.07. The Morgan fingerprint density at radius 3 is 3.00 bits per heavy atom. The number of hydrogen-bond donors (Lipinski definition) is 1. The lowest BCUT2D eigenvalue weighted by atomic mass is 10.1. The summed E-state index contributed by atoms with van der Waals surface area (Å²) in [7, 11) is 0. The maximum atomic E-state index is 6.06. The van der Waals surface area contributed by atoms with Crippen LogP contribution in [-0.2, 0) is 13.1 Å². The minimum atomic E-state index is 0.536. The summed E-state index contributed by atoms with van der Waals surface area (Å²) in [6.07, 6.45) is 1.74. The zero-order valence-corrected chi connectivity index (χ0v) is 8.60. The molecule has 0 atom stereocenters. The zero-order chi connectivity index (χ0) is 9.97. The molecule has 0 aliphatic carbocycles. The molecule has 1 aromatic carbocycles. The largest absolute Gasteiger partial charge is 0.489 e. The van der Waals surface area contributed by atoms with Gasteiger partial charge in [-0.1, -0.05) is 24.3 Å². The maximum Gasteiger partial charge on any atom is 0.124 e. The van der Waals surface area contributed by atoms with E-state index in [1.54, 1.807) is 6.08 Å². The molecule has 0 fully saturated rings. The van der Waals surface area contributed by atoms with E-state index in [1.165, 1.54) is 5.56 Å². The van der Waals surface area contributed by atoms with Gasteiger partial charge in [0.25, 0.3) is 0 Å². The van der Waals surface area contributed by atoms with Gasteiger partial charge in [0.2, 0.25) is 0 Å². The summed E-state index contributed by atoms with van der Waals surface area (Å²) in [6.45, 7) is 5.82. The van der Waals surface area contributed by atoms with E-state index < -0.39 is 0 Å². The average molecular weight is 210 g/mol. The molecule has 0 aromatic heterocycles. The van der Waals surface area contributed by atoms with Gasteiger partial charge in [-0.05, 0) is 17.7 Å². The van der Waals surface area contributed by atoms with Crippen molar-refractivity contribution in [2.45, 2.75) is 13.1 Å². The first-order chi connectivity index (χ1) is 6.83. The van der Waals surface area contributed by atoms with Gasteiger partial charge >= 0.3 is 0 Å². The first kappa shape index (κ1) is 9.56. The highest BCUT2D eigenvalue weighted by molar-refractivity contribution is 6.31. The van der Waals surface area contributed by atoms with Gasteiger partial charge in [-0.15, -0.1) is 0 Å². The Kier molecular flexibility index (Phi) is 2.75. The second kappa shape index (κ2) is 4.03. The van der Waals surface area contributed by atoms with E-state index in [4.69, 9.17) is 16.3 Å². The predicted molar refractivity (Wildman–Crippen MR) is 57.7 cm³/mol. The highest BCUT2D eigenvalue weighted by atomic mass is 35.5. The molecule has 0 amide bonds. The Bertz CT molecular complexity index is 363. The summed E-state index contributed by atoms with van der Waals surface area (Å²) in [4.78, 5) is 0. The fourth-order valence-corrected chi connectivity index (χ4v) is 1.87. The lowest BCUT2D eigenvalue weighted by molar-refractivity contribution is 0.359. The number of nitrogens with one attached hydrogen (secondary N) is 1. The number of benzene rings is 1. The van der Waals surface area contributed by atoms with E-state index >= 15 is 0 Å². The second-order valence-corrected chi connectivity index (χ2v) is 3.61. The molecule has 0 spiro atoms. The van der Waals surface area contributed by atoms with Crippen molar-refractivity contribution in [1.29, 1.82) is 0 Å². The third kappa shape index (κ3) is 1.63. The van der Waals surface area contributed by atoms with E-state index in [1.807, 2.05) is 12.1 Å². The van der Waals surface area contributed by atoms with Crippen molar-refractivity contribution in [3.63, 3.8) is 0 Å². The quantitative estimate of drug-likeness (QED) is 0.773. The van der Waals surface area contributed by atoms with Gasteiger partial charge in [-0.25, -0.2) is 0 Å².